The van der Waals surface area contributed by atoms with E-state index in [9.17, 15) is 5.02 Å². The van der Waals surface area contributed by atoms with E-state index in [1.807, 2.05) is 36.4 Å². The van der Waals surface area contributed by atoms with E-state index in [0.29, 0.717) is 0 Å². The first-order chi connectivity index (χ1) is 10.3. The predicted octanol–water partition coefficient (Wildman–Crippen LogP) is 2.95. The Balaban J connectivity index is 1.89. The molecule has 1 aliphatic heterocycles. The molecule has 3 aromatic carbocycles. The Morgan fingerprint density at radius 2 is 1.57 bits per heavy atom. The molecule has 0 amide bonds. The lowest BCUT2D eigenvalue weighted by molar-refractivity contribution is 0.385. The van der Waals surface area contributed by atoms with Crippen molar-refractivity contribution in [3.05, 3.63) is 84.1 Å². The van der Waals surface area contributed by atoms with Crippen molar-refractivity contribution >= 4 is 28.9 Å². The van der Waals surface area contributed by atoms with E-state index >= 15 is 0 Å². The van der Waals surface area contributed by atoms with Crippen LogP contribution >= 0.6 is 0 Å². The molecule has 0 fully saturated rings. The maximum Gasteiger partial charge on any atom is 0.560 e. The molecule has 2 nitrogen and oxygen atoms in total. The Morgan fingerprint density at radius 1 is 0.810 bits per heavy atom. The van der Waals surface area contributed by atoms with Gasteiger partial charge >= 0.3 is 7.12 Å². The van der Waals surface area contributed by atoms with E-state index in [4.69, 9.17) is 4.65 Å². The zero-order valence-corrected chi connectivity index (χ0v) is 11.4. The second-order valence-electron chi connectivity index (χ2n) is 5.17. The number of hydrogen-bond donors (Lipinski definition) is 1. The van der Waals surface area contributed by atoms with Crippen LogP contribution in [0.25, 0.3) is 16.3 Å². The number of fused-ring (bicyclic) bond motifs is 2. The molecule has 0 saturated heterocycles. The van der Waals surface area contributed by atoms with Crippen LogP contribution in [0.3, 0.4) is 0 Å². The summed E-state index contributed by atoms with van der Waals surface area (Å²) in [4.78, 5) is 0. The maximum absolute atomic E-state index is 9.93. The molecule has 0 spiro atoms. The fourth-order valence-electron chi connectivity index (χ4n) is 2.81. The van der Waals surface area contributed by atoms with E-state index in [1.54, 1.807) is 6.26 Å². The van der Waals surface area contributed by atoms with Crippen molar-refractivity contribution in [3.8, 4) is 0 Å². The summed E-state index contributed by atoms with van der Waals surface area (Å²) < 4.78 is 5.38. The van der Waals surface area contributed by atoms with E-state index in [1.165, 1.54) is 10.8 Å². The summed E-state index contributed by atoms with van der Waals surface area (Å²) in [6.45, 7) is 0. The van der Waals surface area contributed by atoms with Gasteiger partial charge in [-0.2, -0.15) is 0 Å². The topological polar surface area (TPSA) is 29.5 Å². The first kappa shape index (κ1) is 12.2. The Hall–Kier alpha value is -2.52. The van der Waals surface area contributed by atoms with Gasteiger partial charge in [0.05, 0.1) is 6.26 Å². The lowest BCUT2D eigenvalue weighted by atomic mass is 9.72. The Morgan fingerprint density at radius 3 is 2.48 bits per heavy atom. The van der Waals surface area contributed by atoms with Gasteiger partial charge in [0.25, 0.3) is 0 Å². The van der Waals surface area contributed by atoms with Crippen LogP contribution in [-0.4, -0.2) is 12.1 Å². The number of rotatable bonds is 1. The summed E-state index contributed by atoms with van der Waals surface area (Å²) in [6.07, 6.45) is 1.65. The molecule has 3 heteroatoms. The summed E-state index contributed by atoms with van der Waals surface area (Å²) in [5.41, 5.74) is 3.92. The molecule has 0 aliphatic carbocycles. The van der Waals surface area contributed by atoms with Crippen LogP contribution in [0.15, 0.2) is 73.0 Å². The summed E-state index contributed by atoms with van der Waals surface area (Å²) >= 11 is 0. The predicted molar refractivity (Wildman–Crippen MR) is 86.2 cm³/mol. The largest absolute Gasteiger partial charge is 0.560 e. The van der Waals surface area contributed by atoms with Gasteiger partial charge in [-0.3, -0.25) is 0 Å². The molecule has 4 rings (SSSR count). The van der Waals surface area contributed by atoms with Crippen molar-refractivity contribution in [1.82, 2.24) is 0 Å². The van der Waals surface area contributed by atoms with Crippen molar-refractivity contribution in [2.24, 2.45) is 0 Å². The minimum absolute atomic E-state index is 0.808. The summed E-state index contributed by atoms with van der Waals surface area (Å²) in [5, 5.41) is 12.3. The molecule has 21 heavy (non-hydrogen) atoms. The van der Waals surface area contributed by atoms with Crippen molar-refractivity contribution in [2.75, 3.05) is 0 Å². The van der Waals surface area contributed by atoms with Gasteiger partial charge in [-0.25, -0.2) is 0 Å². The molecule has 1 aliphatic rings. The zero-order valence-electron chi connectivity index (χ0n) is 11.4. The first-order valence-corrected chi connectivity index (χ1v) is 6.95. The van der Waals surface area contributed by atoms with Gasteiger partial charge in [-0.15, -0.1) is 0 Å². The molecule has 0 radical (unpaired) electrons. The molecule has 1 N–H and O–H groups in total. The SMILES string of the molecule is OB1OC=C(c2ccc3ccccc3c2)c2ccccc21. The average Bonchev–Trinajstić information content (AvgIpc) is 2.55. The van der Waals surface area contributed by atoms with Gasteiger partial charge in [0, 0.05) is 11.0 Å². The molecular weight excluding hydrogens is 259 g/mol. The molecule has 0 unspecified atom stereocenters. The monoisotopic (exact) mass is 272 g/mol. The van der Waals surface area contributed by atoms with Crippen LogP contribution in [0.1, 0.15) is 11.1 Å². The third kappa shape index (κ3) is 2.03. The highest BCUT2D eigenvalue weighted by Gasteiger charge is 2.27. The van der Waals surface area contributed by atoms with Crippen molar-refractivity contribution in [1.29, 1.82) is 0 Å². The molecule has 3 aromatic rings. The molecule has 100 valence electrons. The number of benzene rings is 3. The second-order valence-corrected chi connectivity index (χ2v) is 5.17. The van der Waals surface area contributed by atoms with Crippen molar-refractivity contribution in [3.63, 3.8) is 0 Å². The van der Waals surface area contributed by atoms with Gasteiger partial charge in [-0.1, -0.05) is 60.7 Å². The minimum atomic E-state index is -0.884. The van der Waals surface area contributed by atoms with E-state index < -0.39 is 7.12 Å². The maximum atomic E-state index is 9.93. The normalized spacial score (nSPS) is 13.6. The van der Waals surface area contributed by atoms with E-state index in [-0.39, 0.29) is 0 Å². The van der Waals surface area contributed by atoms with Crippen LogP contribution in [0, 0.1) is 0 Å². The van der Waals surface area contributed by atoms with Crippen molar-refractivity contribution in [2.45, 2.75) is 0 Å². The lowest BCUT2D eigenvalue weighted by Gasteiger charge is -2.20. The molecule has 1 heterocycles. The lowest BCUT2D eigenvalue weighted by Crippen LogP contribution is -2.37. The highest BCUT2D eigenvalue weighted by atomic mass is 16.5. The fraction of sp³-hybridized carbons (Fsp3) is 0. The van der Waals surface area contributed by atoms with Crippen LogP contribution in [0.5, 0.6) is 0 Å². The van der Waals surface area contributed by atoms with Crippen molar-refractivity contribution < 1.29 is 9.68 Å². The summed E-state index contributed by atoms with van der Waals surface area (Å²) in [5.74, 6) is 0. The minimum Gasteiger partial charge on any atom is -0.538 e. The molecule has 0 atom stereocenters. The van der Waals surface area contributed by atoms with Crippen LogP contribution in [-0.2, 0) is 4.65 Å². The van der Waals surface area contributed by atoms with Gasteiger partial charge in [0.15, 0.2) is 0 Å². The molecule has 0 bridgehead atoms. The third-order valence-electron chi connectivity index (χ3n) is 3.89. The zero-order chi connectivity index (χ0) is 14.2. The smallest absolute Gasteiger partial charge is 0.538 e. The van der Waals surface area contributed by atoms with Gasteiger partial charge < -0.3 is 9.68 Å². The first-order valence-electron chi connectivity index (χ1n) is 6.95. The number of hydrogen-bond acceptors (Lipinski definition) is 2. The average molecular weight is 272 g/mol. The van der Waals surface area contributed by atoms with Gasteiger partial charge in [-0.05, 0) is 28.0 Å². The van der Waals surface area contributed by atoms with E-state index in [0.717, 1.165) is 22.2 Å². The molecular formula is C18H13BO2. The highest BCUT2D eigenvalue weighted by molar-refractivity contribution is 6.62. The van der Waals surface area contributed by atoms with Gasteiger partial charge in [0.2, 0.25) is 0 Å². The third-order valence-corrected chi connectivity index (χ3v) is 3.89. The Bertz CT molecular complexity index is 854. The van der Waals surface area contributed by atoms with Crippen LogP contribution in [0.2, 0.25) is 0 Å². The summed E-state index contributed by atoms with van der Waals surface area (Å²) in [6, 6.07) is 22.4. The second kappa shape index (κ2) is 4.79. The standard InChI is InChI=1S/C18H13BO2/c20-19-18-8-4-3-7-16(18)17(12-21-19)15-10-9-13-5-1-2-6-14(13)11-15/h1-12,20H. The quantitative estimate of drug-likeness (QED) is 0.690. The fourth-order valence-corrected chi connectivity index (χ4v) is 2.81. The van der Waals surface area contributed by atoms with Gasteiger partial charge in [0.1, 0.15) is 0 Å². The molecule has 0 saturated carbocycles. The summed E-state index contributed by atoms with van der Waals surface area (Å²) in [7, 11) is -0.884. The molecule has 0 aromatic heterocycles. The van der Waals surface area contributed by atoms with Crippen LogP contribution < -0.4 is 5.46 Å². The highest BCUT2D eigenvalue weighted by Crippen LogP contribution is 2.28. The van der Waals surface area contributed by atoms with Crippen LogP contribution in [0.4, 0.5) is 0 Å². The Labute approximate surface area is 123 Å². The Kier molecular flexibility index (Phi) is 2.79. The van der Waals surface area contributed by atoms with E-state index in [2.05, 4.69) is 30.3 Å².